The fraction of sp³-hybridized carbons (Fsp3) is 0.571. The Kier molecular flexibility index (Phi) is 5.94. The van der Waals surface area contributed by atoms with Gasteiger partial charge >= 0.3 is 0 Å². The number of nitrogens with one attached hydrogen (secondary N) is 2. The van der Waals surface area contributed by atoms with Crippen molar-refractivity contribution >= 4 is 21.8 Å². The molecule has 1 saturated heterocycles. The van der Waals surface area contributed by atoms with E-state index in [-0.39, 0.29) is 5.91 Å². The van der Waals surface area contributed by atoms with E-state index in [2.05, 4.69) is 42.5 Å². The Balaban J connectivity index is 1.70. The maximum absolute atomic E-state index is 11.3. The molecule has 0 radical (unpaired) electrons. The fourth-order valence-electron chi connectivity index (χ4n) is 2.39. The Morgan fingerprint density at radius 1 is 1.45 bits per heavy atom. The lowest BCUT2D eigenvalue weighted by Crippen LogP contribution is -2.45. The highest BCUT2D eigenvalue weighted by Gasteiger charge is 2.19. The number of amides is 1. The highest BCUT2D eigenvalue weighted by Crippen LogP contribution is 2.12. The van der Waals surface area contributed by atoms with Crippen LogP contribution in [0.25, 0.3) is 0 Å². The van der Waals surface area contributed by atoms with E-state index in [0.29, 0.717) is 12.6 Å². The van der Waals surface area contributed by atoms with Gasteiger partial charge in [-0.2, -0.15) is 0 Å². The Bertz CT molecular complexity index is 447. The third-order valence-corrected chi connectivity index (χ3v) is 4.02. The van der Waals surface area contributed by atoms with Crippen LogP contribution in [0, 0.1) is 0 Å². The van der Waals surface area contributed by atoms with Gasteiger partial charge in [0.25, 0.3) is 0 Å². The quantitative estimate of drug-likeness (QED) is 0.844. The maximum atomic E-state index is 11.3. The topological polar surface area (TPSA) is 57.3 Å². The molecule has 6 heteroatoms. The summed E-state index contributed by atoms with van der Waals surface area (Å²) < 4.78 is 1.01. The number of piperidine rings is 1. The van der Waals surface area contributed by atoms with Crippen LogP contribution in [0.2, 0.25) is 0 Å². The number of hydrogen-bond donors (Lipinski definition) is 2. The van der Waals surface area contributed by atoms with E-state index in [4.69, 9.17) is 0 Å². The minimum atomic E-state index is 0.0941. The second kappa shape index (κ2) is 7.71. The summed E-state index contributed by atoms with van der Waals surface area (Å²) in [4.78, 5) is 17.7. The Morgan fingerprint density at radius 3 is 2.85 bits per heavy atom. The average Bonchev–Trinajstić information content (AvgIpc) is 2.46. The predicted octanol–water partition coefficient (Wildman–Crippen LogP) is 1.14. The average molecular weight is 341 g/mol. The third kappa shape index (κ3) is 4.85. The zero-order chi connectivity index (χ0) is 14.4. The normalized spacial score (nSPS) is 17.1. The number of rotatable bonds is 5. The lowest BCUT2D eigenvalue weighted by Gasteiger charge is -2.31. The lowest BCUT2D eigenvalue weighted by molar-refractivity contribution is -0.122. The smallest absolute Gasteiger partial charge is 0.233 e. The molecule has 1 aliphatic heterocycles. The van der Waals surface area contributed by atoms with Gasteiger partial charge in [-0.3, -0.25) is 14.7 Å². The third-order valence-electron chi connectivity index (χ3n) is 3.59. The standard InChI is InChI=1S/C14H21BrN4O/c1-16-14(20)10-19-4-2-13(3-5-19)18-8-11-6-12(15)9-17-7-11/h6-7,9,13,18H,2-5,8,10H2,1H3,(H,16,20). The van der Waals surface area contributed by atoms with Crippen LogP contribution < -0.4 is 10.6 Å². The van der Waals surface area contributed by atoms with Crippen molar-refractivity contribution < 1.29 is 4.79 Å². The molecule has 1 fully saturated rings. The van der Waals surface area contributed by atoms with Crippen LogP contribution in [0.5, 0.6) is 0 Å². The number of hydrogen-bond acceptors (Lipinski definition) is 4. The van der Waals surface area contributed by atoms with Crippen LogP contribution in [-0.4, -0.2) is 48.5 Å². The van der Waals surface area contributed by atoms with E-state index in [9.17, 15) is 4.79 Å². The van der Waals surface area contributed by atoms with Crippen LogP contribution in [0.4, 0.5) is 0 Å². The predicted molar refractivity (Wildman–Crippen MR) is 82.3 cm³/mol. The van der Waals surface area contributed by atoms with Gasteiger partial charge < -0.3 is 10.6 Å². The number of halogens is 1. The Labute approximate surface area is 128 Å². The van der Waals surface area contributed by atoms with Crippen molar-refractivity contribution in [1.82, 2.24) is 20.5 Å². The maximum Gasteiger partial charge on any atom is 0.233 e. The summed E-state index contributed by atoms with van der Waals surface area (Å²) >= 11 is 3.43. The molecule has 110 valence electrons. The van der Waals surface area contributed by atoms with E-state index in [1.54, 1.807) is 13.2 Å². The molecular weight excluding hydrogens is 320 g/mol. The molecule has 0 saturated carbocycles. The van der Waals surface area contributed by atoms with Gasteiger partial charge in [0.1, 0.15) is 0 Å². The van der Waals surface area contributed by atoms with Gasteiger partial charge in [0.15, 0.2) is 0 Å². The zero-order valence-electron chi connectivity index (χ0n) is 11.7. The molecule has 1 aromatic heterocycles. The number of nitrogens with zero attached hydrogens (tertiary/aromatic N) is 2. The highest BCUT2D eigenvalue weighted by molar-refractivity contribution is 9.10. The Hall–Kier alpha value is -0.980. The number of carbonyl (C=O) groups is 1. The van der Waals surface area contributed by atoms with Crippen LogP contribution in [0.1, 0.15) is 18.4 Å². The van der Waals surface area contributed by atoms with Crippen molar-refractivity contribution in [2.75, 3.05) is 26.7 Å². The van der Waals surface area contributed by atoms with Crippen molar-refractivity contribution in [3.05, 3.63) is 28.5 Å². The van der Waals surface area contributed by atoms with Gasteiger partial charge in [0.2, 0.25) is 5.91 Å². The Morgan fingerprint density at radius 2 is 2.20 bits per heavy atom. The molecule has 1 aliphatic rings. The minimum absolute atomic E-state index is 0.0941. The summed E-state index contributed by atoms with van der Waals surface area (Å²) in [7, 11) is 1.68. The minimum Gasteiger partial charge on any atom is -0.358 e. The molecule has 2 N–H and O–H groups in total. The summed E-state index contributed by atoms with van der Waals surface area (Å²) in [6.45, 7) is 3.30. The van der Waals surface area contributed by atoms with Gasteiger partial charge in [0, 0.05) is 49.6 Å². The molecule has 0 aromatic carbocycles. The number of carbonyl (C=O) groups excluding carboxylic acids is 1. The van der Waals surface area contributed by atoms with E-state index in [0.717, 1.165) is 36.9 Å². The van der Waals surface area contributed by atoms with Gasteiger partial charge in [0.05, 0.1) is 6.54 Å². The molecule has 20 heavy (non-hydrogen) atoms. The first-order valence-electron chi connectivity index (χ1n) is 6.93. The molecule has 5 nitrogen and oxygen atoms in total. The molecule has 2 heterocycles. The van der Waals surface area contributed by atoms with Crippen LogP contribution >= 0.6 is 15.9 Å². The summed E-state index contributed by atoms with van der Waals surface area (Å²) in [6.07, 6.45) is 5.84. The van der Waals surface area contributed by atoms with Crippen molar-refractivity contribution in [1.29, 1.82) is 0 Å². The lowest BCUT2D eigenvalue weighted by atomic mass is 10.0. The molecule has 0 aliphatic carbocycles. The first-order valence-corrected chi connectivity index (χ1v) is 7.72. The number of likely N-dealkylation sites (tertiary alicyclic amines) is 1. The van der Waals surface area contributed by atoms with Gasteiger partial charge in [-0.15, -0.1) is 0 Å². The van der Waals surface area contributed by atoms with Crippen LogP contribution in [-0.2, 0) is 11.3 Å². The first-order chi connectivity index (χ1) is 9.67. The molecule has 0 atom stereocenters. The van der Waals surface area contributed by atoms with Crippen LogP contribution in [0.15, 0.2) is 22.9 Å². The molecule has 1 amide bonds. The van der Waals surface area contributed by atoms with Crippen molar-refractivity contribution in [2.24, 2.45) is 0 Å². The fourth-order valence-corrected chi connectivity index (χ4v) is 2.80. The SMILES string of the molecule is CNC(=O)CN1CCC(NCc2cncc(Br)c2)CC1. The number of aromatic nitrogens is 1. The second-order valence-electron chi connectivity index (χ2n) is 5.12. The number of likely N-dealkylation sites (N-methyl/N-ethyl adjacent to an activating group) is 1. The first kappa shape index (κ1) is 15.4. The van der Waals surface area contributed by atoms with E-state index in [1.807, 2.05) is 6.20 Å². The van der Waals surface area contributed by atoms with Crippen LogP contribution in [0.3, 0.4) is 0 Å². The van der Waals surface area contributed by atoms with Crippen molar-refractivity contribution in [3.8, 4) is 0 Å². The van der Waals surface area contributed by atoms with Gasteiger partial charge in [-0.05, 0) is 40.4 Å². The second-order valence-corrected chi connectivity index (χ2v) is 6.03. The van der Waals surface area contributed by atoms with E-state index in [1.165, 1.54) is 5.56 Å². The van der Waals surface area contributed by atoms with E-state index < -0.39 is 0 Å². The molecule has 0 bridgehead atoms. The monoisotopic (exact) mass is 340 g/mol. The van der Waals surface area contributed by atoms with Crippen molar-refractivity contribution in [3.63, 3.8) is 0 Å². The summed E-state index contributed by atoms with van der Waals surface area (Å²) in [5.41, 5.74) is 1.19. The summed E-state index contributed by atoms with van der Waals surface area (Å²) in [5, 5.41) is 6.23. The molecular formula is C14H21BrN4O. The van der Waals surface area contributed by atoms with Gasteiger partial charge in [-0.25, -0.2) is 0 Å². The molecule has 0 spiro atoms. The number of pyridine rings is 1. The summed E-state index contributed by atoms with van der Waals surface area (Å²) in [5.74, 6) is 0.0941. The zero-order valence-corrected chi connectivity index (χ0v) is 13.3. The van der Waals surface area contributed by atoms with E-state index >= 15 is 0 Å². The molecule has 0 unspecified atom stereocenters. The van der Waals surface area contributed by atoms with Crippen molar-refractivity contribution in [2.45, 2.75) is 25.4 Å². The molecule has 1 aromatic rings. The van der Waals surface area contributed by atoms with Gasteiger partial charge in [-0.1, -0.05) is 0 Å². The largest absolute Gasteiger partial charge is 0.358 e. The molecule has 2 rings (SSSR count). The highest BCUT2D eigenvalue weighted by atomic mass is 79.9. The summed E-state index contributed by atoms with van der Waals surface area (Å²) in [6, 6.07) is 2.61.